The van der Waals surface area contributed by atoms with Gasteiger partial charge in [-0.1, -0.05) is 55.0 Å². The Bertz CT molecular complexity index is 672. The van der Waals surface area contributed by atoms with Crippen molar-refractivity contribution in [3.05, 3.63) is 70.8 Å². The van der Waals surface area contributed by atoms with E-state index in [4.69, 9.17) is 0 Å². The van der Waals surface area contributed by atoms with Crippen molar-refractivity contribution in [2.45, 2.75) is 45.2 Å². The second kappa shape index (κ2) is 8.16. The van der Waals surface area contributed by atoms with Crippen molar-refractivity contribution < 1.29 is 0 Å². The molecule has 2 aliphatic rings. The van der Waals surface area contributed by atoms with E-state index in [1.165, 1.54) is 69.4 Å². The highest BCUT2D eigenvalue weighted by Gasteiger charge is 2.17. The zero-order valence-electron chi connectivity index (χ0n) is 15.3. The van der Waals surface area contributed by atoms with Crippen molar-refractivity contribution in [2.24, 2.45) is 0 Å². The predicted octanol–water partition coefficient (Wildman–Crippen LogP) is 4.27. The van der Waals surface area contributed by atoms with Crippen molar-refractivity contribution in [3.8, 4) is 0 Å². The molecule has 2 heteroatoms. The second-order valence-electron chi connectivity index (χ2n) is 7.70. The Morgan fingerprint density at radius 2 is 1.24 bits per heavy atom. The van der Waals surface area contributed by atoms with Crippen LogP contribution in [0.3, 0.4) is 0 Å². The fourth-order valence-electron chi connectivity index (χ4n) is 4.27. The molecule has 0 unspecified atom stereocenters. The molecule has 1 aliphatic carbocycles. The van der Waals surface area contributed by atoms with E-state index in [0.29, 0.717) is 0 Å². The molecule has 1 heterocycles. The summed E-state index contributed by atoms with van der Waals surface area (Å²) in [5.74, 6) is 0. The Kier molecular flexibility index (Phi) is 5.49. The van der Waals surface area contributed by atoms with Crippen molar-refractivity contribution in [1.29, 1.82) is 0 Å². The Morgan fingerprint density at radius 3 is 1.96 bits per heavy atom. The van der Waals surface area contributed by atoms with Crippen LogP contribution in [-0.2, 0) is 25.9 Å². The van der Waals surface area contributed by atoms with Crippen LogP contribution in [0.5, 0.6) is 0 Å². The summed E-state index contributed by atoms with van der Waals surface area (Å²) in [5, 5.41) is 0. The summed E-state index contributed by atoms with van der Waals surface area (Å²) >= 11 is 0. The highest BCUT2D eigenvalue weighted by Crippen LogP contribution is 2.22. The molecule has 1 fully saturated rings. The molecule has 1 aliphatic heterocycles. The molecule has 1 saturated heterocycles. The van der Waals surface area contributed by atoms with Gasteiger partial charge in [-0.25, -0.2) is 0 Å². The third-order valence-electron chi connectivity index (χ3n) is 5.78. The van der Waals surface area contributed by atoms with Gasteiger partial charge >= 0.3 is 0 Å². The van der Waals surface area contributed by atoms with E-state index < -0.39 is 0 Å². The Balaban J connectivity index is 1.30. The molecule has 0 N–H and O–H groups in total. The molecule has 0 aromatic heterocycles. The summed E-state index contributed by atoms with van der Waals surface area (Å²) in [6.07, 6.45) is 6.71. The van der Waals surface area contributed by atoms with Gasteiger partial charge in [-0.05, 0) is 47.9 Å². The maximum atomic E-state index is 2.62. The topological polar surface area (TPSA) is 6.48 Å². The van der Waals surface area contributed by atoms with E-state index in [-0.39, 0.29) is 0 Å². The molecule has 2 aromatic carbocycles. The number of fused-ring (bicyclic) bond motifs is 1. The van der Waals surface area contributed by atoms with Gasteiger partial charge in [0.2, 0.25) is 0 Å². The monoisotopic (exact) mass is 334 g/mol. The van der Waals surface area contributed by atoms with E-state index in [1.54, 1.807) is 11.1 Å². The van der Waals surface area contributed by atoms with Crippen LogP contribution in [0.1, 0.15) is 41.5 Å². The van der Waals surface area contributed by atoms with Crippen LogP contribution >= 0.6 is 0 Å². The lowest BCUT2D eigenvalue weighted by atomic mass is 10.00. The number of rotatable bonds is 4. The largest absolute Gasteiger partial charge is 0.297 e. The molecule has 132 valence electrons. The second-order valence-corrected chi connectivity index (χ2v) is 7.70. The summed E-state index contributed by atoms with van der Waals surface area (Å²) < 4.78 is 0. The number of nitrogens with zero attached hydrogens (tertiary/aromatic N) is 2. The van der Waals surface area contributed by atoms with Gasteiger partial charge in [0, 0.05) is 39.3 Å². The minimum absolute atomic E-state index is 1.09. The van der Waals surface area contributed by atoms with Gasteiger partial charge in [0.15, 0.2) is 0 Å². The summed E-state index contributed by atoms with van der Waals surface area (Å²) in [5.41, 5.74) is 6.17. The quantitative estimate of drug-likeness (QED) is 0.770. The van der Waals surface area contributed by atoms with E-state index >= 15 is 0 Å². The van der Waals surface area contributed by atoms with E-state index in [0.717, 1.165) is 13.1 Å². The summed E-state index contributed by atoms with van der Waals surface area (Å²) in [6.45, 7) is 6.94. The fourth-order valence-corrected chi connectivity index (χ4v) is 4.27. The van der Waals surface area contributed by atoms with Crippen LogP contribution in [0.2, 0.25) is 0 Å². The number of hydrogen-bond donors (Lipinski definition) is 0. The predicted molar refractivity (Wildman–Crippen MR) is 105 cm³/mol. The highest BCUT2D eigenvalue weighted by atomic mass is 15.3. The van der Waals surface area contributed by atoms with Gasteiger partial charge in [0.05, 0.1) is 0 Å². The van der Waals surface area contributed by atoms with Gasteiger partial charge < -0.3 is 0 Å². The van der Waals surface area contributed by atoms with Gasteiger partial charge in [-0.15, -0.1) is 0 Å². The Hall–Kier alpha value is -1.64. The van der Waals surface area contributed by atoms with E-state index in [1.807, 2.05) is 0 Å². The average molecular weight is 335 g/mol. The molecule has 0 spiro atoms. The van der Waals surface area contributed by atoms with Gasteiger partial charge in [0.1, 0.15) is 0 Å². The van der Waals surface area contributed by atoms with Gasteiger partial charge in [-0.3, -0.25) is 9.80 Å². The normalized spacial score (nSPS) is 19.4. The summed E-state index contributed by atoms with van der Waals surface area (Å²) in [6, 6.07) is 18.1. The standard InChI is InChI=1S/C23H30N2/c1-3-7-20(8-4-1)18-24-13-15-25(16-14-24)19-21-11-12-22-9-5-2-6-10-23(22)17-21/h1,3-4,7-8,11-12,17H,2,5-6,9-10,13-16,18-19H2. The third-order valence-corrected chi connectivity index (χ3v) is 5.78. The van der Waals surface area contributed by atoms with Crippen molar-refractivity contribution in [1.82, 2.24) is 9.80 Å². The first-order chi connectivity index (χ1) is 12.4. The van der Waals surface area contributed by atoms with Crippen LogP contribution in [-0.4, -0.2) is 36.0 Å². The molecule has 25 heavy (non-hydrogen) atoms. The molecular formula is C23H30N2. The van der Waals surface area contributed by atoms with Crippen LogP contribution in [0.15, 0.2) is 48.5 Å². The fraction of sp³-hybridized carbons (Fsp3) is 0.478. The zero-order valence-corrected chi connectivity index (χ0v) is 15.3. The summed E-state index contributed by atoms with van der Waals surface area (Å²) in [7, 11) is 0. The smallest absolute Gasteiger partial charge is 0.0234 e. The maximum absolute atomic E-state index is 2.62. The van der Waals surface area contributed by atoms with E-state index in [9.17, 15) is 0 Å². The van der Waals surface area contributed by atoms with E-state index in [2.05, 4.69) is 58.3 Å². The summed E-state index contributed by atoms with van der Waals surface area (Å²) in [4.78, 5) is 5.21. The molecule has 0 amide bonds. The van der Waals surface area contributed by atoms with Crippen molar-refractivity contribution >= 4 is 0 Å². The lowest BCUT2D eigenvalue weighted by Gasteiger charge is -2.34. The number of piperazine rings is 1. The number of benzene rings is 2. The molecule has 2 aromatic rings. The van der Waals surface area contributed by atoms with Crippen LogP contribution in [0.4, 0.5) is 0 Å². The molecule has 0 atom stereocenters. The lowest BCUT2D eigenvalue weighted by Crippen LogP contribution is -2.45. The molecule has 4 rings (SSSR count). The van der Waals surface area contributed by atoms with Crippen LogP contribution in [0, 0.1) is 0 Å². The van der Waals surface area contributed by atoms with Crippen molar-refractivity contribution in [2.75, 3.05) is 26.2 Å². The van der Waals surface area contributed by atoms with Gasteiger partial charge in [-0.2, -0.15) is 0 Å². The Labute approximate surface area is 152 Å². The molecule has 0 bridgehead atoms. The van der Waals surface area contributed by atoms with Crippen molar-refractivity contribution in [3.63, 3.8) is 0 Å². The Morgan fingerprint density at radius 1 is 0.600 bits per heavy atom. The molecule has 2 nitrogen and oxygen atoms in total. The molecular weight excluding hydrogens is 304 g/mol. The number of aryl methyl sites for hydroxylation is 2. The minimum Gasteiger partial charge on any atom is -0.297 e. The van der Waals surface area contributed by atoms with Crippen LogP contribution < -0.4 is 0 Å². The first-order valence-corrected chi connectivity index (χ1v) is 9.96. The third kappa shape index (κ3) is 4.50. The first-order valence-electron chi connectivity index (χ1n) is 9.96. The molecule has 0 saturated carbocycles. The first kappa shape index (κ1) is 16.8. The highest BCUT2D eigenvalue weighted by molar-refractivity contribution is 5.33. The minimum atomic E-state index is 1.09. The lowest BCUT2D eigenvalue weighted by molar-refractivity contribution is 0.122. The zero-order chi connectivity index (χ0) is 16.9. The average Bonchev–Trinajstić information content (AvgIpc) is 2.89. The molecule has 0 radical (unpaired) electrons. The van der Waals surface area contributed by atoms with Crippen LogP contribution in [0.25, 0.3) is 0 Å². The SMILES string of the molecule is c1ccc(CN2CCN(Cc3ccc4c(c3)CCCCC4)CC2)cc1. The maximum Gasteiger partial charge on any atom is 0.0234 e. The van der Waals surface area contributed by atoms with Gasteiger partial charge in [0.25, 0.3) is 0 Å². The number of hydrogen-bond acceptors (Lipinski definition) is 2.